The lowest BCUT2D eigenvalue weighted by atomic mass is 10.1. The van der Waals surface area contributed by atoms with Gasteiger partial charge in [-0.2, -0.15) is 4.31 Å². The normalized spacial score (nSPS) is 12.2. The predicted octanol–water partition coefficient (Wildman–Crippen LogP) is 2.08. The molecule has 0 unspecified atom stereocenters. The predicted molar refractivity (Wildman–Crippen MR) is 122 cm³/mol. The molecule has 0 aliphatic carbocycles. The number of rotatable bonds is 10. The average molecular weight is 496 g/mol. The second-order valence-electron chi connectivity index (χ2n) is 6.44. The zero-order valence-corrected chi connectivity index (χ0v) is 19.7. The highest BCUT2D eigenvalue weighted by Crippen LogP contribution is 2.19. The number of nitrogens with zero attached hydrogens (tertiary/aromatic N) is 4. The Morgan fingerprint density at radius 1 is 1.28 bits per heavy atom. The molecule has 0 fully saturated rings. The van der Waals surface area contributed by atoms with E-state index in [9.17, 15) is 13.2 Å². The summed E-state index contributed by atoms with van der Waals surface area (Å²) in [6.07, 6.45) is 3.27. The number of likely N-dealkylation sites (N-methyl/N-ethyl adjacent to an activating group) is 1. The number of nitrogens with one attached hydrogen (secondary N) is 1. The van der Waals surface area contributed by atoms with Crippen LogP contribution in [0.25, 0.3) is 0 Å². The Hall–Kier alpha value is -2.71. The van der Waals surface area contributed by atoms with Gasteiger partial charge in [0, 0.05) is 41.8 Å². The summed E-state index contributed by atoms with van der Waals surface area (Å²) in [5.74, 6) is -0.550. The van der Waals surface area contributed by atoms with E-state index >= 15 is 0 Å². The van der Waals surface area contributed by atoms with E-state index in [0.29, 0.717) is 15.7 Å². The maximum atomic E-state index is 12.9. The van der Waals surface area contributed by atoms with Gasteiger partial charge in [0.2, 0.25) is 10.0 Å². The molecular weight excluding hydrogens is 474 g/mol. The maximum Gasteiger partial charge on any atom is 0.280 e. The van der Waals surface area contributed by atoms with Crippen LogP contribution < -0.4 is 5.32 Å². The summed E-state index contributed by atoms with van der Waals surface area (Å²) >= 11 is 2.70. The molecule has 0 bridgehead atoms. The number of aromatic nitrogens is 2. The van der Waals surface area contributed by atoms with Crippen LogP contribution in [0.2, 0.25) is 0 Å². The Labute approximate surface area is 193 Å². The first-order chi connectivity index (χ1) is 15.3. The van der Waals surface area contributed by atoms with Gasteiger partial charge in [0.05, 0.1) is 11.5 Å². The van der Waals surface area contributed by atoms with Gasteiger partial charge in [0.1, 0.15) is 5.01 Å². The SMILES string of the molecule is Cc1cnc(NC(=O)/C(=N/OCc2nccs2)c2ccc(S(=O)(=O)N(C)CCO)cc2)s1. The molecule has 0 aliphatic rings. The summed E-state index contributed by atoms with van der Waals surface area (Å²) in [4.78, 5) is 27.4. The molecule has 2 aromatic heterocycles. The minimum absolute atomic E-state index is 0.0243. The van der Waals surface area contributed by atoms with Crippen LogP contribution in [-0.4, -0.2) is 59.6 Å². The van der Waals surface area contributed by atoms with Crippen molar-refractivity contribution in [3.05, 3.63) is 57.5 Å². The number of hydrogen-bond donors (Lipinski definition) is 2. The van der Waals surface area contributed by atoms with Crippen LogP contribution in [0, 0.1) is 6.92 Å². The van der Waals surface area contributed by atoms with Crippen LogP contribution in [0.4, 0.5) is 5.13 Å². The number of thiazole rings is 2. The van der Waals surface area contributed by atoms with Crippen LogP contribution in [0.5, 0.6) is 0 Å². The van der Waals surface area contributed by atoms with Gasteiger partial charge < -0.3 is 9.94 Å². The van der Waals surface area contributed by atoms with Crippen molar-refractivity contribution >= 4 is 49.4 Å². The lowest BCUT2D eigenvalue weighted by Gasteiger charge is -2.16. The molecule has 3 rings (SSSR count). The topological polar surface area (TPSA) is 134 Å². The third-order valence-electron chi connectivity index (χ3n) is 4.13. The summed E-state index contributed by atoms with van der Waals surface area (Å²) in [7, 11) is -2.39. The Morgan fingerprint density at radius 3 is 2.62 bits per heavy atom. The third kappa shape index (κ3) is 5.95. The molecule has 1 amide bonds. The van der Waals surface area contributed by atoms with Crippen molar-refractivity contribution in [1.29, 1.82) is 0 Å². The number of amides is 1. The fourth-order valence-corrected chi connectivity index (χ4v) is 4.84. The quantitative estimate of drug-likeness (QED) is 0.325. The smallest absolute Gasteiger partial charge is 0.280 e. The molecule has 0 atom stereocenters. The molecule has 0 saturated heterocycles. The number of anilines is 1. The van der Waals surface area contributed by atoms with E-state index in [4.69, 9.17) is 9.94 Å². The molecule has 1 aromatic carbocycles. The summed E-state index contributed by atoms with van der Waals surface area (Å²) < 4.78 is 26.2. The molecule has 170 valence electrons. The third-order valence-corrected chi connectivity index (χ3v) is 7.59. The van der Waals surface area contributed by atoms with E-state index in [1.54, 1.807) is 17.8 Å². The lowest BCUT2D eigenvalue weighted by molar-refractivity contribution is -0.110. The molecule has 32 heavy (non-hydrogen) atoms. The average Bonchev–Trinajstić information content (AvgIpc) is 3.43. The monoisotopic (exact) mass is 495 g/mol. The van der Waals surface area contributed by atoms with Gasteiger partial charge >= 0.3 is 0 Å². The number of carbonyl (C=O) groups is 1. The second-order valence-corrected chi connectivity index (χ2v) is 10.7. The summed E-state index contributed by atoms with van der Waals surface area (Å²) in [5, 5.41) is 18.6. The van der Waals surface area contributed by atoms with Gasteiger partial charge in [0.15, 0.2) is 17.5 Å². The summed E-state index contributed by atoms with van der Waals surface area (Å²) in [5.41, 5.74) is 0.320. The highest BCUT2D eigenvalue weighted by molar-refractivity contribution is 7.89. The summed E-state index contributed by atoms with van der Waals surface area (Å²) in [6, 6.07) is 5.68. The van der Waals surface area contributed by atoms with Gasteiger partial charge in [0.25, 0.3) is 5.91 Å². The van der Waals surface area contributed by atoms with Crippen molar-refractivity contribution in [2.75, 3.05) is 25.5 Å². The highest BCUT2D eigenvalue weighted by Gasteiger charge is 2.22. The molecular formula is C19H21N5O5S3. The summed E-state index contributed by atoms with van der Waals surface area (Å²) in [6.45, 7) is 1.63. The first kappa shape index (κ1) is 23.9. The van der Waals surface area contributed by atoms with Crippen LogP contribution in [0.1, 0.15) is 15.4 Å². The number of benzene rings is 1. The van der Waals surface area contributed by atoms with Crippen LogP contribution >= 0.6 is 22.7 Å². The first-order valence-electron chi connectivity index (χ1n) is 9.31. The molecule has 2 N–H and O–H groups in total. The van der Waals surface area contributed by atoms with Crippen molar-refractivity contribution in [1.82, 2.24) is 14.3 Å². The van der Waals surface area contributed by atoms with E-state index in [0.717, 1.165) is 9.18 Å². The lowest BCUT2D eigenvalue weighted by Crippen LogP contribution is -2.29. The van der Waals surface area contributed by atoms with Gasteiger partial charge in [-0.3, -0.25) is 10.1 Å². The minimum atomic E-state index is -3.77. The second kappa shape index (κ2) is 10.7. The largest absolute Gasteiger partial charge is 0.395 e. The number of aliphatic hydroxyl groups is 1. The van der Waals surface area contributed by atoms with Crippen molar-refractivity contribution < 1.29 is 23.2 Å². The standard InChI is InChI=1S/C19H21N5O5S3/c1-13-11-21-19(31-13)22-18(26)17(23-29-12-16-20-7-10-30-16)14-3-5-15(6-4-14)32(27,28)24(2)8-9-25/h3-7,10-11,25H,8-9,12H2,1-2H3,(H,21,22,26)/b23-17+. The maximum absolute atomic E-state index is 12.9. The van der Waals surface area contributed by atoms with Gasteiger partial charge in [-0.25, -0.2) is 18.4 Å². The molecule has 0 aliphatic heterocycles. The van der Waals surface area contributed by atoms with Gasteiger partial charge in [-0.05, 0) is 19.1 Å². The highest BCUT2D eigenvalue weighted by atomic mass is 32.2. The zero-order chi connectivity index (χ0) is 23.1. The minimum Gasteiger partial charge on any atom is -0.395 e. The van der Waals surface area contributed by atoms with Crippen LogP contribution in [0.15, 0.2) is 52.1 Å². The van der Waals surface area contributed by atoms with E-state index < -0.39 is 15.9 Å². The fourth-order valence-electron chi connectivity index (χ4n) is 2.50. The number of aryl methyl sites for hydroxylation is 1. The molecule has 0 radical (unpaired) electrons. The van der Waals surface area contributed by atoms with Crippen LogP contribution in [0.3, 0.4) is 0 Å². The van der Waals surface area contributed by atoms with Crippen molar-refractivity contribution in [2.24, 2.45) is 5.16 Å². The molecule has 3 aromatic rings. The molecule has 0 saturated carbocycles. The number of aliphatic hydroxyl groups excluding tert-OH is 1. The number of hydrogen-bond acceptors (Lipinski definition) is 10. The molecule has 2 heterocycles. The van der Waals surface area contributed by atoms with E-state index in [-0.39, 0.29) is 30.4 Å². The van der Waals surface area contributed by atoms with Crippen molar-refractivity contribution in [3.63, 3.8) is 0 Å². The van der Waals surface area contributed by atoms with Crippen molar-refractivity contribution in [3.8, 4) is 0 Å². The Kier molecular flexibility index (Phi) is 8.04. The van der Waals surface area contributed by atoms with Crippen molar-refractivity contribution in [2.45, 2.75) is 18.4 Å². The first-order valence-corrected chi connectivity index (χ1v) is 12.4. The Bertz CT molecular complexity index is 1170. The Balaban J connectivity index is 1.85. The fraction of sp³-hybridized carbons (Fsp3) is 0.263. The van der Waals surface area contributed by atoms with E-state index in [1.165, 1.54) is 54.0 Å². The zero-order valence-electron chi connectivity index (χ0n) is 17.3. The number of sulfonamides is 1. The number of carbonyl (C=O) groups excluding carboxylic acids is 1. The number of oxime groups is 1. The molecule has 10 nitrogen and oxygen atoms in total. The van der Waals surface area contributed by atoms with E-state index in [2.05, 4.69) is 20.4 Å². The van der Waals surface area contributed by atoms with E-state index in [1.807, 2.05) is 6.92 Å². The molecule has 0 spiro atoms. The molecule has 13 heteroatoms. The Morgan fingerprint density at radius 2 is 2.03 bits per heavy atom. The van der Waals surface area contributed by atoms with Gasteiger partial charge in [-0.15, -0.1) is 22.7 Å². The van der Waals surface area contributed by atoms with Gasteiger partial charge in [-0.1, -0.05) is 17.3 Å². The van der Waals surface area contributed by atoms with Crippen LogP contribution in [-0.2, 0) is 26.3 Å².